The van der Waals surface area contributed by atoms with Crippen LogP contribution < -0.4 is 5.32 Å². The molecule has 0 aliphatic rings. The van der Waals surface area contributed by atoms with Gasteiger partial charge in [0.15, 0.2) is 0 Å². The second-order valence-electron chi connectivity index (χ2n) is 3.53. The van der Waals surface area contributed by atoms with Gasteiger partial charge in [0, 0.05) is 18.8 Å². The number of hydrogen-bond acceptors (Lipinski definition) is 4. The number of para-hydroxylation sites is 2. The summed E-state index contributed by atoms with van der Waals surface area (Å²) in [7, 11) is 1.82. The summed E-state index contributed by atoms with van der Waals surface area (Å²) in [6.45, 7) is 0.633. The molecule has 0 saturated heterocycles. The summed E-state index contributed by atoms with van der Waals surface area (Å²) in [5.74, 6) is 0. The number of nitro groups is 1. The molecule has 2 rings (SSSR count). The molecule has 0 unspecified atom stereocenters. The standard InChI is InChI=1S/C11H12N4O2/c1-12-8-9-6-7-14(13-9)10-4-2-3-5-11(10)15(16)17/h2-7,12H,8H2,1H3. The summed E-state index contributed by atoms with van der Waals surface area (Å²) < 4.78 is 1.52. The SMILES string of the molecule is CNCc1ccn(-c2ccccc2[N+](=O)[O-])n1. The van der Waals surface area contributed by atoms with Gasteiger partial charge >= 0.3 is 0 Å². The fraction of sp³-hybridized carbons (Fsp3) is 0.182. The van der Waals surface area contributed by atoms with Gasteiger partial charge in [0.1, 0.15) is 5.69 Å². The highest BCUT2D eigenvalue weighted by Gasteiger charge is 2.14. The Morgan fingerprint density at radius 3 is 2.88 bits per heavy atom. The third-order valence-corrected chi connectivity index (χ3v) is 2.33. The highest BCUT2D eigenvalue weighted by molar-refractivity contribution is 5.51. The van der Waals surface area contributed by atoms with Gasteiger partial charge in [-0.3, -0.25) is 10.1 Å². The molecular formula is C11H12N4O2. The van der Waals surface area contributed by atoms with E-state index in [1.54, 1.807) is 24.4 Å². The van der Waals surface area contributed by atoms with Gasteiger partial charge in [-0.2, -0.15) is 5.10 Å². The lowest BCUT2D eigenvalue weighted by Gasteiger charge is -2.02. The Hall–Kier alpha value is -2.21. The Labute approximate surface area is 98.0 Å². The van der Waals surface area contributed by atoms with E-state index in [9.17, 15) is 10.1 Å². The van der Waals surface area contributed by atoms with E-state index in [0.29, 0.717) is 12.2 Å². The molecule has 0 aliphatic carbocycles. The van der Waals surface area contributed by atoms with E-state index in [1.807, 2.05) is 13.1 Å². The van der Waals surface area contributed by atoms with Crippen molar-refractivity contribution in [1.29, 1.82) is 0 Å². The van der Waals surface area contributed by atoms with Crippen LogP contribution in [0.1, 0.15) is 5.69 Å². The first-order chi connectivity index (χ1) is 8.22. The van der Waals surface area contributed by atoms with Gasteiger partial charge in [0.25, 0.3) is 5.69 Å². The zero-order chi connectivity index (χ0) is 12.3. The molecule has 6 heteroatoms. The molecule has 0 spiro atoms. The number of nitrogens with one attached hydrogen (secondary N) is 1. The Balaban J connectivity index is 2.41. The third kappa shape index (κ3) is 2.31. The van der Waals surface area contributed by atoms with E-state index >= 15 is 0 Å². The summed E-state index contributed by atoms with van der Waals surface area (Å²) in [5, 5.41) is 18.1. The fourth-order valence-corrected chi connectivity index (χ4v) is 1.58. The lowest BCUT2D eigenvalue weighted by atomic mass is 10.3. The van der Waals surface area contributed by atoms with Gasteiger partial charge in [-0.1, -0.05) is 12.1 Å². The highest BCUT2D eigenvalue weighted by Crippen LogP contribution is 2.21. The minimum atomic E-state index is -0.408. The lowest BCUT2D eigenvalue weighted by molar-refractivity contribution is -0.384. The van der Waals surface area contributed by atoms with E-state index in [4.69, 9.17) is 0 Å². The predicted octanol–water partition coefficient (Wildman–Crippen LogP) is 1.50. The van der Waals surface area contributed by atoms with Gasteiger partial charge < -0.3 is 5.32 Å². The molecule has 1 heterocycles. The Morgan fingerprint density at radius 2 is 2.18 bits per heavy atom. The number of benzene rings is 1. The summed E-state index contributed by atoms with van der Waals surface area (Å²) in [6, 6.07) is 8.36. The molecule has 0 aliphatic heterocycles. The maximum absolute atomic E-state index is 10.9. The van der Waals surface area contributed by atoms with E-state index in [2.05, 4.69) is 10.4 Å². The number of aromatic nitrogens is 2. The monoisotopic (exact) mass is 232 g/mol. The first-order valence-corrected chi connectivity index (χ1v) is 5.15. The Bertz CT molecular complexity index is 536. The minimum absolute atomic E-state index is 0.0478. The van der Waals surface area contributed by atoms with Crippen LogP contribution in [0.25, 0.3) is 5.69 Å². The molecule has 88 valence electrons. The molecule has 0 fully saturated rings. The predicted molar refractivity (Wildman–Crippen MR) is 63.0 cm³/mol. The normalized spacial score (nSPS) is 10.4. The van der Waals surface area contributed by atoms with Crippen LogP contribution in [0.2, 0.25) is 0 Å². The molecule has 1 aromatic carbocycles. The summed E-state index contributed by atoms with van der Waals surface area (Å²) in [4.78, 5) is 10.5. The molecule has 0 saturated carbocycles. The first-order valence-electron chi connectivity index (χ1n) is 5.15. The van der Waals surface area contributed by atoms with Crippen LogP contribution in [-0.2, 0) is 6.54 Å². The maximum atomic E-state index is 10.9. The average molecular weight is 232 g/mol. The fourth-order valence-electron chi connectivity index (χ4n) is 1.58. The zero-order valence-corrected chi connectivity index (χ0v) is 9.33. The quantitative estimate of drug-likeness (QED) is 0.640. The second kappa shape index (κ2) is 4.75. The van der Waals surface area contributed by atoms with Crippen LogP contribution in [0.3, 0.4) is 0 Å². The molecule has 2 aromatic rings. The van der Waals surface area contributed by atoms with Crippen molar-refractivity contribution in [1.82, 2.24) is 15.1 Å². The maximum Gasteiger partial charge on any atom is 0.294 e. The number of nitrogens with zero attached hydrogens (tertiary/aromatic N) is 3. The van der Waals surface area contributed by atoms with Crippen LogP contribution in [0.4, 0.5) is 5.69 Å². The van der Waals surface area contributed by atoms with Crippen molar-refractivity contribution in [2.45, 2.75) is 6.54 Å². The minimum Gasteiger partial charge on any atom is -0.314 e. The van der Waals surface area contributed by atoms with E-state index in [0.717, 1.165) is 5.69 Å². The second-order valence-corrected chi connectivity index (χ2v) is 3.53. The van der Waals surface area contributed by atoms with Crippen LogP contribution in [-0.4, -0.2) is 21.8 Å². The smallest absolute Gasteiger partial charge is 0.294 e. The van der Waals surface area contributed by atoms with Gasteiger partial charge in [-0.15, -0.1) is 0 Å². The molecule has 1 aromatic heterocycles. The van der Waals surface area contributed by atoms with Crippen molar-refractivity contribution in [2.75, 3.05) is 7.05 Å². The van der Waals surface area contributed by atoms with Gasteiger partial charge in [0.05, 0.1) is 10.6 Å². The van der Waals surface area contributed by atoms with E-state index < -0.39 is 4.92 Å². The Morgan fingerprint density at radius 1 is 1.41 bits per heavy atom. The number of nitro benzene ring substituents is 1. The van der Waals surface area contributed by atoms with E-state index in [-0.39, 0.29) is 5.69 Å². The summed E-state index contributed by atoms with van der Waals surface area (Å²) in [5.41, 5.74) is 1.36. The number of rotatable bonds is 4. The molecule has 0 amide bonds. The molecule has 1 N–H and O–H groups in total. The largest absolute Gasteiger partial charge is 0.314 e. The first kappa shape index (κ1) is 11.3. The van der Waals surface area contributed by atoms with Gasteiger partial charge in [0.2, 0.25) is 0 Å². The number of hydrogen-bond donors (Lipinski definition) is 1. The summed E-state index contributed by atoms with van der Waals surface area (Å²) in [6.07, 6.45) is 1.72. The van der Waals surface area contributed by atoms with Crippen LogP contribution in [0.5, 0.6) is 0 Å². The molecule has 17 heavy (non-hydrogen) atoms. The van der Waals surface area contributed by atoms with E-state index in [1.165, 1.54) is 10.7 Å². The zero-order valence-electron chi connectivity index (χ0n) is 9.33. The van der Waals surface area contributed by atoms with Crippen molar-refractivity contribution in [3.8, 4) is 5.69 Å². The highest BCUT2D eigenvalue weighted by atomic mass is 16.6. The van der Waals surface area contributed by atoms with Crippen LogP contribution >= 0.6 is 0 Å². The molecule has 0 atom stereocenters. The molecule has 0 bridgehead atoms. The van der Waals surface area contributed by atoms with Crippen LogP contribution in [0.15, 0.2) is 36.5 Å². The molecule has 0 radical (unpaired) electrons. The van der Waals surface area contributed by atoms with Gasteiger partial charge in [-0.25, -0.2) is 4.68 Å². The Kier molecular flexibility index (Phi) is 3.15. The third-order valence-electron chi connectivity index (χ3n) is 2.33. The van der Waals surface area contributed by atoms with Gasteiger partial charge in [-0.05, 0) is 19.2 Å². The topological polar surface area (TPSA) is 73.0 Å². The van der Waals surface area contributed by atoms with Crippen molar-refractivity contribution in [3.63, 3.8) is 0 Å². The lowest BCUT2D eigenvalue weighted by Crippen LogP contribution is -2.07. The van der Waals surface area contributed by atoms with Crippen LogP contribution in [0, 0.1) is 10.1 Å². The van der Waals surface area contributed by atoms with Crippen molar-refractivity contribution < 1.29 is 4.92 Å². The molecule has 6 nitrogen and oxygen atoms in total. The summed E-state index contributed by atoms with van der Waals surface area (Å²) >= 11 is 0. The average Bonchev–Trinajstić information content (AvgIpc) is 2.78. The van der Waals surface area contributed by atoms with Crippen molar-refractivity contribution in [2.24, 2.45) is 0 Å². The molecular weight excluding hydrogens is 220 g/mol. The van der Waals surface area contributed by atoms with Crippen molar-refractivity contribution >= 4 is 5.69 Å². The van der Waals surface area contributed by atoms with Crippen molar-refractivity contribution in [3.05, 3.63) is 52.3 Å².